The first-order valence-electron chi connectivity index (χ1n) is 9.78. The van der Waals surface area contributed by atoms with E-state index in [1.165, 1.54) is 64.8 Å². The van der Waals surface area contributed by atoms with Gasteiger partial charge in [0.25, 0.3) is 0 Å². The van der Waals surface area contributed by atoms with Crippen molar-refractivity contribution in [1.82, 2.24) is 9.78 Å². The number of aryl methyl sites for hydroxylation is 4. The Morgan fingerprint density at radius 3 is 1.92 bits per heavy atom. The number of nitrogens with zero attached hydrogens (tertiary/aromatic N) is 2. The topological polar surface area (TPSA) is 17.8 Å². The second-order valence-electron chi connectivity index (χ2n) is 7.90. The van der Waals surface area contributed by atoms with Gasteiger partial charge in [0.15, 0.2) is 0 Å². The summed E-state index contributed by atoms with van der Waals surface area (Å²) in [5, 5.41) is 5.08. The Bertz CT molecular complexity index is 943. The molecule has 1 fully saturated rings. The van der Waals surface area contributed by atoms with Crippen LogP contribution in [-0.4, -0.2) is 9.78 Å². The van der Waals surface area contributed by atoms with Crippen LogP contribution < -0.4 is 0 Å². The van der Waals surface area contributed by atoms with Gasteiger partial charge in [0.1, 0.15) is 0 Å². The van der Waals surface area contributed by atoms with Gasteiger partial charge in [-0.25, -0.2) is 0 Å². The number of hydrogen-bond donors (Lipinski definition) is 0. The van der Waals surface area contributed by atoms with Crippen LogP contribution in [0.3, 0.4) is 0 Å². The van der Waals surface area contributed by atoms with Crippen LogP contribution >= 0.6 is 0 Å². The molecule has 3 aromatic rings. The van der Waals surface area contributed by atoms with E-state index in [9.17, 15) is 0 Å². The van der Waals surface area contributed by atoms with Crippen molar-refractivity contribution in [2.24, 2.45) is 0 Å². The molecule has 0 atom stereocenters. The molecule has 1 heterocycles. The van der Waals surface area contributed by atoms with Crippen LogP contribution in [0.2, 0.25) is 0 Å². The molecule has 1 aliphatic rings. The standard InChI is InChI=1S/C24H28N2/c1-16-9-11-20(13-18(16)3)23-15-24(21-12-10-17(2)19(4)14-21)26(25-23)22-7-5-6-8-22/h9-15,22H,5-8H2,1-4H3. The third kappa shape index (κ3) is 3.09. The molecule has 0 amide bonds. The van der Waals surface area contributed by atoms with Crippen LogP contribution in [0.15, 0.2) is 42.5 Å². The Kier molecular flexibility index (Phi) is 4.44. The molecule has 1 saturated carbocycles. The van der Waals surface area contributed by atoms with Crippen LogP contribution in [0.1, 0.15) is 54.0 Å². The Hall–Kier alpha value is -2.35. The van der Waals surface area contributed by atoms with E-state index in [4.69, 9.17) is 5.10 Å². The van der Waals surface area contributed by atoms with E-state index < -0.39 is 0 Å². The van der Waals surface area contributed by atoms with Gasteiger partial charge in [-0.05, 0) is 81.0 Å². The van der Waals surface area contributed by atoms with Gasteiger partial charge >= 0.3 is 0 Å². The first kappa shape index (κ1) is 17.1. The smallest absolute Gasteiger partial charge is 0.0929 e. The third-order valence-corrected chi connectivity index (χ3v) is 6.01. The fourth-order valence-electron chi connectivity index (χ4n) is 3.98. The van der Waals surface area contributed by atoms with Gasteiger partial charge in [0.05, 0.1) is 17.4 Å². The minimum Gasteiger partial charge on any atom is -0.261 e. The molecule has 1 aromatic heterocycles. The van der Waals surface area contributed by atoms with Crippen molar-refractivity contribution in [3.8, 4) is 22.5 Å². The average molecular weight is 345 g/mol. The van der Waals surface area contributed by atoms with Gasteiger partial charge in [0, 0.05) is 11.1 Å². The van der Waals surface area contributed by atoms with E-state index in [-0.39, 0.29) is 0 Å². The van der Waals surface area contributed by atoms with Crippen molar-refractivity contribution >= 4 is 0 Å². The van der Waals surface area contributed by atoms with E-state index in [1.54, 1.807) is 0 Å². The quantitative estimate of drug-likeness (QED) is 0.525. The molecule has 0 aliphatic heterocycles. The van der Waals surface area contributed by atoms with Crippen LogP contribution in [0.5, 0.6) is 0 Å². The highest BCUT2D eigenvalue weighted by Crippen LogP contribution is 2.36. The molecular weight excluding hydrogens is 316 g/mol. The summed E-state index contributed by atoms with van der Waals surface area (Å²) in [4.78, 5) is 0. The largest absolute Gasteiger partial charge is 0.261 e. The summed E-state index contributed by atoms with van der Waals surface area (Å²) in [6.45, 7) is 8.71. The van der Waals surface area contributed by atoms with Gasteiger partial charge in [-0.3, -0.25) is 4.68 Å². The van der Waals surface area contributed by atoms with E-state index >= 15 is 0 Å². The van der Waals surface area contributed by atoms with Gasteiger partial charge in [-0.1, -0.05) is 37.1 Å². The number of rotatable bonds is 3. The summed E-state index contributed by atoms with van der Waals surface area (Å²) in [7, 11) is 0. The van der Waals surface area contributed by atoms with Gasteiger partial charge < -0.3 is 0 Å². The molecule has 1 aliphatic carbocycles. The minimum absolute atomic E-state index is 0.534. The number of hydrogen-bond acceptors (Lipinski definition) is 1. The highest BCUT2D eigenvalue weighted by atomic mass is 15.3. The Labute approximate surface area is 156 Å². The maximum atomic E-state index is 5.08. The van der Waals surface area contributed by atoms with Crippen LogP contribution in [0, 0.1) is 27.7 Å². The Balaban J connectivity index is 1.84. The van der Waals surface area contributed by atoms with Crippen molar-refractivity contribution in [3.63, 3.8) is 0 Å². The Morgan fingerprint density at radius 1 is 0.731 bits per heavy atom. The van der Waals surface area contributed by atoms with Crippen molar-refractivity contribution in [1.29, 1.82) is 0 Å². The molecular formula is C24H28N2. The molecule has 0 saturated heterocycles. The lowest BCUT2D eigenvalue weighted by atomic mass is 10.0. The van der Waals surface area contributed by atoms with Gasteiger partial charge in [0.2, 0.25) is 0 Å². The lowest BCUT2D eigenvalue weighted by Crippen LogP contribution is -2.08. The second-order valence-corrected chi connectivity index (χ2v) is 7.90. The molecule has 0 spiro atoms. The predicted molar refractivity (Wildman–Crippen MR) is 110 cm³/mol. The van der Waals surface area contributed by atoms with Gasteiger partial charge in [-0.15, -0.1) is 0 Å². The normalized spacial score (nSPS) is 14.9. The monoisotopic (exact) mass is 344 g/mol. The zero-order valence-electron chi connectivity index (χ0n) is 16.3. The maximum Gasteiger partial charge on any atom is 0.0929 e. The molecule has 2 aromatic carbocycles. The second kappa shape index (κ2) is 6.75. The fourth-order valence-corrected chi connectivity index (χ4v) is 3.98. The number of benzene rings is 2. The van der Waals surface area contributed by atoms with Crippen molar-refractivity contribution in [2.45, 2.75) is 59.4 Å². The fraction of sp³-hybridized carbons (Fsp3) is 0.375. The minimum atomic E-state index is 0.534. The zero-order chi connectivity index (χ0) is 18.3. The van der Waals surface area contributed by atoms with Gasteiger partial charge in [-0.2, -0.15) is 5.10 Å². The van der Waals surface area contributed by atoms with E-state index in [2.05, 4.69) is 74.8 Å². The molecule has 0 N–H and O–H groups in total. The molecule has 4 rings (SSSR count). The highest BCUT2D eigenvalue weighted by Gasteiger charge is 2.22. The molecule has 26 heavy (non-hydrogen) atoms. The zero-order valence-corrected chi connectivity index (χ0v) is 16.3. The average Bonchev–Trinajstić information content (AvgIpc) is 3.29. The number of aromatic nitrogens is 2. The first-order valence-corrected chi connectivity index (χ1v) is 9.78. The molecule has 0 radical (unpaired) electrons. The third-order valence-electron chi connectivity index (χ3n) is 6.01. The predicted octanol–water partition coefficient (Wildman–Crippen LogP) is 6.57. The summed E-state index contributed by atoms with van der Waals surface area (Å²) in [6, 6.07) is 16.3. The van der Waals surface area contributed by atoms with E-state index in [1.807, 2.05) is 0 Å². The van der Waals surface area contributed by atoms with Crippen molar-refractivity contribution in [2.75, 3.05) is 0 Å². The molecule has 2 heteroatoms. The lowest BCUT2D eigenvalue weighted by Gasteiger charge is -2.15. The van der Waals surface area contributed by atoms with Crippen molar-refractivity contribution < 1.29 is 0 Å². The summed E-state index contributed by atoms with van der Waals surface area (Å²) < 4.78 is 2.31. The van der Waals surface area contributed by atoms with Crippen LogP contribution in [0.25, 0.3) is 22.5 Å². The molecule has 134 valence electrons. The summed E-state index contributed by atoms with van der Waals surface area (Å²) in [5.74, 6) is 0. The summed E-state index contributed by atoms with van der Waals surface area (Å²) in [5.41, 5.74) is 10.2. The Morgan fingerprint density at radius 2 is 1.31 bits per heavy atom. The van der Waals surface area contributed by atoms with Crippen LogP contribution in [0.4, 0.5) is 0 Å². The molecule has 0 bridgehead atoms. The van der Waals surface area contributed by atoms with E-state index in [0.717, 1.165) is 5.69 Å². The first-order chi connectivity index (χ1) is 12.5. The highest BCUT2D eigenvalue weighted by molar-refractivity contribution is 5.70. The van der Waals surface area contributed by atoms with Crippen LogP contribution in [-0.2, 0) is 0 Å². The SMILES string of the molecule is Cc1ccc(-c2cc(-c3ccc(C)c(C)c3)n(C3CCCC3)n2)cc1C. The molecule has 0 unspecified atom stereocenters. The lowest BCUT2D eigenvalue weighted by molar-refractivity contribution is 0.473. The van der Waals surface area contributed by atoms with Crippen molar-refractivity contribution in [3.05, 3.63) is 64.7 Å². The van der Waals surface area contributed by atoms with E-state index in [0.29, 0.717) is 6.04 Å². The summed E-state index contributed by atoms with van der Waals surface area (Å²) >= 11 is 0. The molecule has 2 nitrogen and oxygen atoms in total. The maximum absolute atomic E-state index is 5.08. The summed E-state index contributed by atoms with van der Waals surface area (Å²) in [6.07, 6.45) is 5.11.